The van der Waals surface area contributed by atoms with Crippen molar-refractivity contribution >= 4 is 11.8 Å². The number of unbranched alkanes of at least 4 members (excludes halogenated alkanes) is 2. The minimum atomic E-state index is -0.857. The summed E-state index contributed by atoms with van der Waals surface area (Å²) in [4.78, 5) is 23.9. The van der Waals surface area contributed by atoms with Gasteiger partial charge >= 0.3 is 5.97 Å². The van der Waals surface area contributed by atoms with Crippen LogP contribution in [0.4, 0.5) is 0 Å². The van der Waals surface area contributed by atoms with Crippen molar-refractivity contribution in [3.63, 3.8) is 0 Å². The number of ether oxygens (including phenoxy) is 1. The molecular formula is C14H20O3. The fourth-order valence-electron chi connectivity index (χ4n) is 2.43. The van der Waals surface area contributed by atoms with Crippen molar-refractivity contribution in [2.45, 2.75) is 51.9 Å². The minimum Gasteiger partial charge on any atom is -0.465 e. The molecule has 0 spiro atoms. The molecule has 3 heteroatoms. The van der Waals surface area contributed by atoms with Crippen LogP contribution in [0.25, 0.3) is 0 Å². The van der Waals surface area contributed by atoms with Crippen molar-refractivity contribution in [1.29, 1.82) is 0 Å². The molecule has 1 aliphatic rings. The van der Waals surface area contributed by atoms with Gasteiger partial charge in [0.1, 0.15) is 11.2 Å². The van der Waals surface area contributed by atoms with Crippen molar-refractivity contribution in [3.05, 3.63) is 0 Å². The van der Waals surface area contributed by atoms with Gasteiger partial charge in [-0.3, -0.25) is 9.59 Å². The van der Waals surface area contributed by atoms with E-state index in [1.165, 1.54) is 0 Å². The van der Waals surface area contributed by atoms with Crippen LogP contribution in [0.2, 0.25) is 0 Å². The number of terminal acetylenes is 1. The molecule has 0 aliphatic heterocycles. The molecule has 1 saturated carbocycles. The lowest BCUT2D eigenvalue weighted by atomic mass is 9.80. The van der Waals surface area contributed by atoms with Crippen molar-refractivity contribution < 1.29 is 14.3 Å². The Labute approximate surface area is 103 Å². The molecule has 0 heterocycles. The molecule has 0 aromatic carbocycles. The van der Waals surface area contributed by atoms with Crippen LogP contribution in [0, 0.1) is 17.8 Å². The van der Waals surface area contributed by atoms with Gasteiger partial charge in [-0.05, 0) is 32.6 Å². The lowest BCUT2D eigenvalue weighted by molar-refractivity contribution is -0.159. The van der Waals surface area contributed by atoms with Crippen LogP contribution < -0.4 is 0 Å². The zero-order chi connectivity index (χ0) is 12.7. The van der Waals surface area contributed by atoms with Crippen LogP contribution in [-0.4, -0.2) is 18.4 Å². The second-order valence-electron chi connectivity index (χ2n) is 4.49. The van der Waals surface area contributed by atoms with Crippen LogP contribution in [0.15, 0.2) is 0 Å². The SMILES string of the molecule is C#CCCCC[C@@]1(C(=O)OCC)CCCC1=O. The van der Waals surface area contributed by atoms with E-state index in [4.69, 9.17) is 11.2 Å². The average Bonchev–Trinajstić information content (AvgIpc) is 2.68. The van der Waals surface area contributed by atoms with E-state index < -0.39 is 5.41 Å². The largest absolute Gasteiger partial charge is 0.465 e. The zero-order valence-electron chi connectivity index (χ0n) is 10.5. The summed E-state index contributed by atoms with van der Waals surface area (Å²) in [5.41, 5.74) is -0.857. The Bertz CT molecular complexity index is 327. The number of hydrogen-bond acceptors (Lipinski definition) is 3. The highest BCUT2D eigenvalue weighted by molar-refractivity contribution is 6.05. The van der Waals surface area contributed by atoms with Gasteiger partial charge in [0.15, 0.2) is 0 Å². The van der Waals surface area contributed by atoms with Gasteiger partial charge in [0.2, 0.25) is 0 Å². The Kier molecular flexibility index (Phi) is 5.21. The molecule has 0 amide bonds. The van der Waals surface area contributed by atoms with Crippen molar-refractivity contribution in [1.82, 2.24) is 0 Å². The lowest BCUT2D eigenvalue weighted by Gasteiger charge is -2.24. The van der Waals surface area contributed by atoms with E-state index in [9.17, 15) is 9.59 Å². The number of rotatable bonds is 6. The van der Waals surface area contributed by atoms with Gasteiger partial charge in [0, 0.05) is 12.8 Å². The molecule has 3 nitrogen and oxygen atoms in total. The summed E-state index contributed by atoms with van der Waals surface area (Å²) in [7, 11) is 0. The van der Waals surface area contributed by atoms with E-state index in [0.717, 1.165) is 19.3 Å². The maximum atomic E-state index is 12.0. The molecule has 1 aliphatic carbocycles. The van der Waals surface area contributed by atoms with E-state index in [0.29, 0.717) is 32.3 Å². The Morgan fingerprint density at radius 3 is 2.82 bits per heavy atom. The first-order valence-electron chi connectivity index (χ1n) is 6.31. The first-order chi connectivity index (χ1) is 8.17. The average molecular weight is 236 g/mol. The fourth-order valence-corrected chi connectivity index (χ4v) is 2.43. The number of carbonyl (C=O) groups is 2. The van der Waals surface area contributed by atoms with Gasteiger partial charge in [-0.15, -0.1) is 12.3 Å². The molecular weight excluding hydrogens is 216 g/mol. The second kappa shape index (κ2) is 6.44. The third-order valence-corrected chi connectivity index (χ3v) is 3.38. The minimum absolute atomic E-state index is 0.0525. The Morgan fingerprint density at radius 1 is 1.53 bits per heavy atom. The van der Waals surface area contributed by atoms with Gasteiger partial charge in [-0.1, -0.05) is 6.42 Å². The van der Waals surface area contributed by atoms with E-state index >= 15 is 0 Å². The molecule has 0 saturated heterocycles. The maximum Gasteiger partial charge on any atom is 0.319 e. The Hall–Kier alpha value is -1.30. The van der Waals surface area contributed by atoms with E-state index in [2.05, 4.69) is 5.92 Å². The highest BCUT2D eigenvalue weighted by Crippen LogP contribution is 2.40. The van der Waals surface area contributed by atoms with Gasteiger partial charge in [-0.25, -0.2) is 0 Å². The fraction of sp³-hybridized carbons (Fsp3) is 0.714. The monoisotopic (exact) mass is 236 g/mol. The van der Waals surface area contributed by atoms with Crippen molar-refractivity contribution in [3.8, 4) is 12.3 Å². The van der Waals surface area contributed by atoms with E-state index in [-0.39, 0.29) is 11.8 Å². The molecule has 0 radical (unpaired) electrons. The predicted octanol–water partition coefficient (Wildman–Crippen LogP) is 2.48. The Morgan fingerprint density at radius 2 is 2.29 bits per heavy atom. The highest BCUT2D eigenvalue weighted by atomic mass is 16.5. The van der Waals surface area contributed by atoms with Gasteiger partial charge in [0.05, 0.1) is 6.61 Å². The lowest BCUT2D eigenvalue weighted by Crippen LogP contribution is -2.36. The van der Waals surface area contributed by atoms with Gasteiger partial charge < -0.3 is 4.74 Å². The first kappa shape index (κ1) is 13.8. The van der Waals surface area contributed by atoms with Crippen LogP contribution in [0.5, 0.6) is 0 Å². The van der Waals surface area contributed by atoms with E-state index in [1.54, 1.807) is 6.92 Å². The van der Waals surface area contributed by atoms with Gasteiger partial charge in [0.25, 0.3) is 0 Å². The van der Waals surface area contributed by atoms with Crippen molar-refractivity contribution in [2.75, 3.05) is 6.61 Å². The summed E-state index contributed by atoms with van der Waals surface area (Å²) in [5, 5.41) is 0. The number of esters is 1. The highest BCUT2D eigenvalue weighted by Gasteiger charge is 2.48. The quantitative estimate of drug-likeness (QED) is 0.308. The second-order valence-corrected chi connectivity index (χ2v) is 4.49. The first-order valence-corrected chi connectivity index (χ1v) is 6.31. The topological polar surface area (TPSA) is 43.4 Å². The molecule has 0 aromatic heterocycles. The molecule has 1 fully saturated rings. The molecule has 1 atom stereocenters. The number of hydrogen-bond donors (Lipinski definition) is 0. The standard InChI is InChI=1S/C14H20O3/c1-3-5-6-7-10-14(13(16)17-4-2)11-8-9-12(14)15/h1H,4-11H2,2H3/t14-/m1/s1. The van der Waals surface area contributed by atoms with Gasteiger partial charge in [-0.2, -0.15) is 0 Å². The number of carbonyl (C=O) groups excluding carboxylic acids is 2. The smallest absolute Gasteiger partial charge is 0.319 e. The van der Waals surface area contributed by atoms with E-state index in [1.807, 2.05) is 0 Å². The molecule has 1 rings (SSSR count). The molecule has 0 unspecified atom stereocenters. The van der Waals surface area contributed by atoms with Crippen LogP contribution in [0.3, 0.4) is 0 Å². The summed E-state index contributed by atoms with van der Waals surface area (Å²) in [6.45, 7) is 2.10. The molecule has 94 valence electrons. The summed E-state index contributed by atoms with van der Waals surface area (Å²) in [6.07, 6.45) is 10.1. The summed E-state index contributed by atoms with van der Waals surface area (Å²) >= 11 is 0. The summed E-state index contributed by atoms with van der Waals surface area (Å²) in [5.74, 6) is 2.29. The third-order valence-electron chi connectivity index (χ3n) is 3.38. The maximum absolute atomic E-state index is 12.0. The predicted molar refractivity (Wildman–Crippen MR) is 65.2 cm³/mol. The molecule has 0 aromatic rings. The normalized spacial score (nSPS) is 23.4. The Balaban J connectivity index is 2.63. The zero-order valence-corrected chi connectivity index (χ0v) is 10.5. The van der Waals surface area contributed by atoms with Crippen LogP contribution in [0.1, 0.15) is 51.9 Å². The molecule has 0 bridgehead atoms. The van der Waals surface area contributed by atoms with Crippen LogP contribution >= 0.6 is 0 Å². The number of ketones is 1. The number of Topliss-reactive ketones (excluding diaryl/α,β-unsaturated/α-hetero) is 1. The molecule has 17 heavy (non-hydrogen) atoms. The van der Waals surface area contributed by atoms with Crippen molar-refractivity contribution in [2.24, 2.45) is 5.41 Å². The third kappa shape index (κ3) is 3.09. The molecule has 0 N–H and O–H groups in total. The summed E-state index contributed by atoms with van der Waals surface area (Å²) in [6, 6.07) is 0. The summed E-state index contributed by atoms with van der Waals surface area (Å²) < 4.78 is 5.06. The van der Waals surface area contributed by atoms with Crippen LogP contribution in [-0.2, 0) is 14.3 Å².